The van der Waals surface area contributed by atoms with Gasteiger partial charge >= 0.3 is 5.69 Å². The molecule has 0 radical (unpaired) electrons. The molecule has 1 N–H and O–H groups in total. The van der Waals surface area contributed by atoms with Gasteiger partial charge in [-0.25, -0.2) is 4.79 Å². The number of hydrogen-bond acceptors (Lipinski definition) is 2. The van der Waals surface area contributed by atoms with Crippen molar-refractivity contribution in [2.45, 2.75) is 53.2 Å². The Hall–Kier alpha value is -1.03. The average Bonchev–Trinajstić information content (AvgIpc) is 2.61. The minimum atomic E-state index is 0.107. The number of nitrogens with one attached hydrogen (secondary N) is 1. The van der Waals surface area contributed by atoms with Crippen LogP contribution in [-0.2, 0) is 13.1 Å². The zero-order valence-corrected chi connectivity index (χ0v) is 11.4. The Morgan fingerprint density at radius 3 is 2.41 bits per heavy atom. The molecule has 4 heteroatoms. The predicted molar refractivity (Wildman–Crippen MR) is 71.3 cm³/mol. The van der Waals surface area contributed by atoms with E-state index in [9.17, 15) is 4.79 Å². The number of hydrogen-bond donors (Lipinski definition) is 1. The van der Waals surface area contributed by atoms with Gasteiger partial charge in [0.15, 0.2) is 0 Å². The van der Waals surface area contributed by atoms with E-state index < -0.39 is 0 Å². The van der Waals surface area contributed by atoms with E-state index in [4.69, 9.17) is 0 Å². The van der Waals surface area contributed by atoms with E-state index in [0.29, 0.717) is 12.0 Å². The molecule has 0 saturated carbocycles. The highest BCUT2D eigenvalue weighted by molar-refractivity contribution is 4.84. The van der Waals surface area contributed by atoms with Gasteiger partial charge in [0.25, 0.3) is 0 Å². The number of nitrogens with zero attached hydrogens (tertiary/aromatic N) is 2. The first-order valence-electron chi connectivity index (χ1n) is 6.59. The van der Waals surface area contributed by atoms with E-state index >= 15 is 0 Å². The van der Waals surface area contributed by atoms with Crippen molar-refractivity contribution in [3.63, 3.8) is 0 Å². The fraction of sp³-hybridized carbons (Fsp3) is 0.769. The molecule has 0 aromatic carbocycles. The molecule has 98 valence electrons. The zero-order valence-electron chi connectivity index (χ0n) is 11.4. The van der Waals surface area contributed by atoms with E-state index in [-0.39, 0.29) is 5.69 Å². The van der Waals surface area contributed by atoms with E-state index in [1.807, 2.05) is 17.0 Å². The van der Waals surface area contributed by atoms with E-state index in [1.165, 1.54) is 0 Å². The number of imidazole rings is 1. The molecule has 0 fully saturated rings. The lowest BCUT2D eigenvalue weighted by Crippen LogP contribution is -2.40. The van der Waals surface area contributed by atoms with Crippen molar-refractivity contribution < 1.29 is 0 Å². The zero-order chi connectivity index (χ0) is 12.8. The highest BCUT2D eigenvalue weighted by atomic mass is 16.1. The van der Waals surface area contributed by atoms with Gasteiger partial charge in [-0.1, -0.05) is 27.7 Å². The van der Waals surface area contributed by atoms with Crippen LogP contribution in [0, 0.1) is 5.92 Å². The van der Waals surface area contributed by atoms with Gasteiger partial charge in [0.1, 0.15) is 0 Å². The Kier molecular flexibility index (Phi) is 5.48. The van der Waals surface area contributed by atoms with Gasteiger partial charge in [-0.3, -0.25) is 9.13 Å². The van der Waals surface area contributed by atoms with Gasteiger partial charge in [-0.2, -0.15) is 0 Å². The second-order valence-electron chi connectivity index (χ2n) is 4.83. The summed E-state index contributed by atoms with van der Waals surface area (Å²) in [4.78, 5) is 12.0. The number of likely N-dealkylation sites (N-methyl/N-ethyl adjacent to an activating group) is 1. The van der Waals surface area contributed by atoms with Crippen LogP contribution in [0.1, 0.15) is 34.1 Å². The lowest BCUT2D eigenvalue weighted by atomic mass is 10.0. The first kappa shape index (κ1) is 14.0. The molecule has 1 aromatic rings. The third kappa shape index (κ3) is 3.73. The molecule has 1 unspecified atom stereocenters. The second-order valence-corrected chi connectivity index (χ2v) is 4.83. The molecular formula is C13H25N3O. The molecule has 17 heavy (non-hydrogen) atoms. The summed E-state index contributed by atoms with van der Waals surface area (Å²) < 4.78 is 3.59. The minimum absolute atomic E-state index is 0.107. The van der Waals surface area contributed by atoms with Crippen molar-refractivity contribution >= 4 is 0 Å². The van der Waals surface area contributed by atoms with Crippen LogP contribution in [0.3, 0.4) is 0 Å². The van der Waals surface area contributed by atoms with Crippen LogP contribution in [0.4, 0.5) is 0 Å². The molecule has 0 amide bonds. The summed E-state index contributed by atoms with van der Waals surface area (Å²) in [5.74, 6) is 0.524. The summed E-state index contributed by atoms with van der Waals surface area (Å²) in [6.07, 6.45) is 4.77. The van der Waals surface area contributed by atoms with Crippen LogP contribution in [-0.4, -0.2) is 21.7 Å². The predicted octanol–water partition coefficient (Wildman–Crippen LogP) is 1.69. The van der Waals surface area contributed by atoms with E-state index in [1.54, 1.807) is 4.57 Å². The minimum Gasteiger partial charge on any atom is -0.312 e. The summed E-state index contributed by atoms with van der Waals surface area (Å²) >= 11 is 0. The molecule has 0 spiro atoms. The highest BCUT2D eigenvalue weighted by Gasteiger charge is 2.14. The number of aromatic nitrogens is 2. The van der Waals surface area contributed by atoms with Gasteiger partial charge in [-0.05, 0) is 18.9 Å². The fourth-order valence-corrected chi connectivity index (χ4v) is 1.99. The monoisotopic (exact) mass is 239 g/mol. The third-order valence-corrected chi connectivity index (χ3v) is 3.05. The summed E-state index contributed by atoms with van der Waals surface area (Å²) in [6.45, 7) is 11.0. The van der Waals surface area contributed by atoms with Crippen molar-refractivity contribution in [1.82, 2.24) is 14.5 Å². The summed E-state index contributed by atoms with van der Waals surface area (Å²) in [7, 11) is 0. The van der Waals surface area contributed by atoms with Crippen LogP contribution in [0.25, 0.3) is 0 Å². The Morgan fingerprint density at radius 1 is 1.24 bits per heavy atom. The molecule has 4 nitrogen and oxygen atoms in total. The fourth-order valence-electron chi connectivity index (χ4n) is 1.99. The van der Waals surface area contributed by atoms with Crippen molar-refractivity contribution in [2.24, 2.45) is 5.92 Å². The molecule has 0 aliphatic heterocycles. The lowest BCUT2D eigenvalue weighted by molar-refractivity contribution is 0.357. The lowest BCUT2D eigenvalue weighted by Gasteiger charge is -2.21. The first-order valence-corrected chi connectivity index (χ1v) is 6.59. The summed E-state index contributed by atoms with van der Waals surface area (Å²) in [5, 5.41) is 3.43. The molecule has 1 aromatic heterocycles. The summed E-state index contributed by atoms with van der Waals surface area (Å²) in [5.41, 5.74) is 0.107. The smallest absolute Gasteiger partial charge is 0.312 e. The molecule has 0 aliphatic carbocycles. The highest BCUT2D eigenvalue weighted by Crippen LogP contribution is 2.03. The SMILES string of the molecule is CCCn1ccn(CC(NCC)C(C)C)c1=O. The standard InChI is InChI=1S/C13H25N3O/c1-5-7-15-8-9-16(13(15)17)10-12(11(3)4)14-6-2/h8-9,11-12,14H,5-7,10H2,1-4H3. The van der Waals surface area contributed by atoms with Gasteiger partial charge in [0.05, 0.1) is 0 Å². The van der Waals surface area contributed by atoms with E-state index in [0.717, 1.165) is 26.1 Å². The van der Waals surface area contributed by atoms with Gasteiger partial charge < -0.3 is 5.32 Å². The normalized spacial score (nSPS) is 13.2. The van der Waals surface area contributed by atoms with E-state index in [2.05, 4.69) is 33.0 Å². The summed E-state index contributed by atoms with van der Waals surface area (Å²) in [6, 6.07) is 0.357. The number of rotatable bonds is 7. The number of aryl methyl sites for hydroxylation is 1. The second kappa shape index (κ2) is 6.64. The van der Waals surface area contributed by atoms with Crippen LogP contribution in [0.5, 0.6) is 0 Å². The largest absolute Gasteiger partial charge is 0.328 e. The Morgan fingerprint density at radius 2 is 1.88 bits per heavy atom. The van der Waals surface area contributed by atoms with Crippen LogP contribution >= 0.6 is 0 Å². The van der Waals surface area contributed by atoms with Crippen LogP contribution in [0.15, 0.2) is 17.2 Å². The van der Waals surface area contributed by atoms with Crippen molar-refractivity contribution in [1.29, 1.82) is 0 Å². The molecule has 0 bridgehead atoms. The molecule has 1 rings (SSSR count). The molecule has 1 atom stereocenters. The Balaban J connectivity index is 2.76. The molecule has 0 aliphatic rings. The average molecular weight is 239 g/mol. The Labute approximate surface area is 104 Å². The van der Waals surface area contributed by atoms with Crippen LogP contribution in [0.2, 0.25) is 0 Å². The van der Waals surface area contributed by atoms with Crippen LogP contribution < -0.4 is 11.0 Å². The maximum Gasteiger partial charge on any atom is 0.328 e. The topological polar surface area (TPSA) is 39.0 Å². The molecular weight excluding hydrogens is 214 g/mol. The molecule has 1 heterocycles. The van der Waals surface area contributed by atoms with Crippen molar-refractivity contribution in [3.8, 4) is 0 Å². The maximum absolute atomic E-state index is 12.0. The third-order valence-electron chi connectivity index (χ3n) is 3.05. The quantitative estimate of drug-likeness (QED) is 0.786. The first-order chi connectivity index (χ1) is 8.10. The van der Waals surface area contributed by atoms with Crippen molar-refractivity contribution in [3.05, 3.63) is 22.9 Å². The van der Waals surface area contributed by atoms with Gasteiger partial charge in [0.2, 0.25) is 0 Å². The molecule has 0 saturated heterocycles. The Bertz CT molecular complexity index is 378. The van der Waals surface area contributed by atoms with Crippen molar-refractivity contribution in [2.75, 3.05) is 6.54 Å². The van der Waals surface area contributed by atoms with Gasteiger partial charge in [0, 0.05) is 31.5 Å². The maximum atomic E-state index is 12.0. The van der Waals surface area contributed by atoms with Gasteiger partial charge in [-0.15, -0.1) is 0 Å².